The molecule has 1 aliphatic heterocycles. The zero-order valence-electron chi connectivity index (χ0n) is 14.2. The summed E-state index contributed by atoms with van der Waals surface area (Å²) < 4.78 is 0. The molecule has 0 spiro atoms. The Morgan fingerprint density at radius 1 is 1.17 bits per heavy atom. The fraction of sp³-hybridized carbons (Fsp3) is 0.421. The Morgan fingerprint density at radius 2 is 1.91 bits per heavy atom. The first kappa shape index (κ1) is 15.8. The number of hydrogen-bond acceptors (Lipinski definition) is 3. The lowest BCUT2D eigenvalue weighted by Crippen LogP contribution is -2.31. The van der Waals surface area contributed by atoms with E-state index in [4.69, 9.17) is 0 Å². The summed E-state index contributed by atoms with van der Waals surface area (Å²) in [7, 11) is 4.30. The van der Waals surface area contributed by atoms with E-state index in [0.29, 0.717) is 6.04 Å². The fourth-order valence-electron chi connectivity index (χ4n) is 3.29. The molecule has 1 fully saturated rings. The van der Waals surface area contributed by atoms with Gasteiger partial charge in [-0.25, -0.2) is 0 Å². The number of benzene rings is 1. The molecular weight excluding hydrogens is 286 g/mol. The van der Waals surface area contributed by atoms with Gasteiger partial charge < -0.3 is 14.8 Å². The molecule has 4 heteroatoms. The number of rotatable bonds is 4. The van der Waals surface area contributed by atoms with Crippen molar-refractivity contribution in [1.29, 1.82) is 0 Å². The number of nitrogens with one attached hydrogen (secondary N) is 1. The summed E-state index contributed by atoms with van der Waals surface area (Å²) in [6.07, 6.45) is 2.12. The van der Waals surface area contributed by atoms with Crippen LogP contribution < -0.4 is 10.5 Å². The average molecular weight is 311 g/mol. The highest BCUT2D eigenvalue weighted by Crippen LogP contribution is 2.26. The molecule has 0 bridgehead atoms. The van der Waals surface area contributed by atoms with Crippen molar-refractivity contribution in [2.24, 2.45) is 0 Å². The number of aromatic nitrogens is 1. The van der Waals surface area contributed by atoms with Gasteiger partial charge in [0, 0.05) is 30.9 Å². The molecule has 1 aliphatic rings. The summed E-state index contributed by atoms with van der Waals surface area (Å²) in [5.74, 6) is 0. The monoisotopic (exact) mass is 311 g/mol. The van der Waals surface area contributed by atoms with Gasteiger partial charge in [-0.3, -0.25) is 4.79 Å². The molecule has 2 aromatic rings. The van der Waals surface area contributed by atoms with E-state index in [1.165, 1.54) is 17.7 Å². The van der Waals surface area contributed by atoms with Gasteiger partial charge in [-0.15, -0.1) is 0 Å². The molecule has 23 heavy (non-hydrogen) atoms. The van der Waals surface area contributed by atoms with Gasteiger partial charge in [-0.05, 0) is 50.2 Å². The van der Waals surface area contributed by atoms with Crippen LogP contribution in [0.5, 0.6) is 0 Å². The van der Waals surface area contributed by atoms with Crippen LogP contribution in [-0.2, 0) is 6.42 Å². The zero-order valence-corrected chi connectivity index (χ0v) is 14.2. The summed E-state index contributed by atoms with van der Waals surface area (Å²) in [4.78, 5) is 19.4. The van der Waals surface area contributed by atoms with E-state index in [2.05, 4.69) is 60.1 Å². The Balaban J connectivity index is 1.83. The number of hydrogen-bond donors (Lipinski definition) is 1. The van der Waals surface area contributed by atoms with Crippen LogP contribution in [-0.4, -0.2) is 43.1 Å². The van der Waals surface area contributed by atoms with Crippen molar-refractivity contribution in [2.75, 3.05) is 32.1 Å². The molecule has 3 rings (SSSR count). The van der Waals surface area contributed by atoms with E-state index < -0.39 is 0 Å². The van der Waals surface area contributed by atoms with Gasteiger partial charge in [0.25, 0.3) is 0 Å². The van der Waals surface area contributed by atoms with Crippen molar-refractivity contribution in [1.82, 2.24) is 9.88 Å². The third kappa shape index (κ3) is 3.32. The first-order valence-corrected chi connectivity index (χ1v) is 8.32. The Bertz CT molecular complexity index is 718. The van der Waals surface area contributed by atoms with Crippen LogP contribution in [0.3, 0.4) is 0 Å². The van der Waals surface area contributed by atoms with E-state index in [1.807, 2.05) is 6.07 Å². The van der Waals surface area contributed by atoms with Gasteiger partial charge in [0.2, 0.25) is 5.56 Å². The molecule has 0 saturated carbocycles. The molecule has 1 N–H and O–H groups in total. The van der Waals surface area contributed by atoms with E-state index in [0.717, 1.165) is 30.8 Å². The van der Waals surface area contributed by atoms with Crippen LogP contribution >= 0.6 is 0 Å². The maximum absolute atomic E-state index is 11.6. The van der Waals surface area contributed by atoms with E-state index >= 15 is 0 Å². The predicted molar refractivity (Wildman–Crippen MR) is 96.2 cm³/mol. The fourth-order valence-corrected chi connectivity index (χ4v) is 3.29. The first-order valence-electron chi connectivity index (χ1n) is 8.32. The Hall–Kier alpha value is -2.07. The van der Waals surface area contributed by atoms with E-state index in [9.17, 15) is 4.79 Å². The molecular formula is C19H25N3O. The minimum atomic E-state index is -0.0466. The van der Waals surface area contributed by atoms with Crippen molar-refractivity contribution in [2.45, 2.75) is 25.8 Å². The SMILES string of the molecule is CCc1ccc(=O)[nH]c1-c1ccc(N2CCC(N(C)C)C2)cc1. The van der Waals surface area contributed by atoms with Crippen LogP contribution in [0.15, 0.2) is 41.2 Å². The molecule has 122 valence electrons. The molecule has 1 atom stereocenters. The number of H-pyrrole nitrogens is 1. The van der Waals surface area contributed by atoms with Gasteiger partial charge in [-0.2, -0.15) is 0 Å². The second-order valence-corrected chi connectivity index (χ2v) is 6.48. The number of aromatic amines is 1. The number of anilines is 1. The molecule has 1 saturated heterocycles. The standard InChI is InChI=1S/C19H25N3O/c1-4-14-7-10-18(23)20-19(14)15-5-8-16(9-6-15)22-12-11-17(13-22)21(2)3/h5-10,17H,4,11-13H2,1-3H3,(H,20,23). The Labute approximate surface area is 137 Å². The summed E-state index contributed by atoms with van der Waals surface area (Å²) in [6, 6.07) is 12.7. The van der Waals surface area contributed by atoms with Gasteiger partial charge in [0.15, 0.2) is 0 Å². The van der Waals surface area contributed by atoms with Crippen molar-refractivity contribution in [3.05, 3.63) is 52.3 Å². The third-order valence-electron chi connectivity index (χ3n) is 4.80. The Kier molecular flexibility index (Phi) is 4.53. The highest BCUT2D eigenvalue weighted by atomic mass is 16.1. The van der Waals surface area contributed by atoms with Crippen LogP contribution in [0.25, 0.3) is 11.3 Å². The predicted octanol–water partition coefficient (Wildman–Crippen LogP) is 2.74. The molecule has 1 aromatic carbocycles. The topological polar surface area (TPSA) is 39.3 Å². The van der Waals surface area contributed by atoms with Crippen LogP contribution in [0.1, 0.15) is 18.9 Å². The van der Waals surface area contributed by atoms with Crippen molar-refractivity contribution in [3.8, 4) is 11.3 Å². The van der Waals surface area contributed by atoms with Crippen molar-refractivity contribution < 1.29 is 0 Å². The lowest BCUT2D eigenvalue weighted by molar-refractivity contribution is 0.315. The smallest absolute Gasteiger partial charge is 0.248 e. The minimum Gasteiger partial charge on any atom is -0.370 e. The second kappa shape index (κ2) is 6.59. The van der Waals surface area contributed by atoms with E-state index in [-0.39, 0.29) is 5.56 Å². The second-order valence-electron chi connectivity index (χ2n) is 6.48. The normalized spacial score (nSPS) is 17.9. The quantitative estimate of drug-likeness (QED) is 0.944. The number of pyridine rings is 1. The molecule has 0 radical (unpaired) electrons. The molecule has 0 aliphatic carbocycles. The maximum atomic E-state index is 11.6. The third-order valence-corrected chi connectivity index (χ3v) is 4.80. The van der Waals surface area contributed by atoms with Gasteiger partial charge in [-0.1, -0.05) is 25.1 Å². The zero-order chi connectivity index (χ0) is 16.4. The van der Waals surface area contributed by atoms with Gasteiger partial charge in [0.05, 0.1) is 5.69 Å². The van der Waals surface area contributed by atoms with E-state index in [1.54, 1.807) is 6.07 Å². The maximum Gasteiger partial charge on any atom is 0.248 e. The highest BCUT2D eigenvalue weighted by Gasteiger charge is 2.23. The molecule has 2 heterocycles. The molecule has 1 unspecified atom stereocenters. The number of aryl methyl sites for hydroxylation is 1. The van der Waals surface area contributed by atoms with Crippen LogP contribution in [0.4, 0.5) is 5.69 Å². The van der Waals surface area contributed by atoms with Crippen molar-refractivity contribution in [3.63, 3.8) is 0 Å². The minimum absolute atomic E-state index is 0.0466. The lowest BCUT2D eigenvalue weighted by Gasteiger charge is -2.22. The number of likely N-dealkylation sites (N-methyl/N-ethyl adjacent to an activating group) is 1. The summed E-state index contributed by atoms with van der Waals surface area (Å²) in [5.41, 5.74) is 4.40. The number of nitrogens with zero attached hydrogens (tertiary/aromatic N) is 2. The Morgan fingerprint density at radius 3 is 2.52 bits per heavy atom. The van der Waals surface area contributed by atoms with Crippen LogP contribution in [0, 0.1) is 0 Å². The largest absolute Gasteiger partial charge is 0.370 e. The first-order chi connectivity index (χ1) is 11.1. The van der Waals surface area contributed by atoms with Crippen LogP contribution in [0.2, 0.25) is 0 Å². The van der Waals surface area contributed by atoms with Crippen molar-refractivity contribution >= 4 is 5.69 Å². The average Bonchev–Trinajstić information content (AvgIpc) is 3.05. The molecule has 4 nitrogen and oxygen atoms in total. The highest BCUT2D eigenvalue weighted by molar-refractivity contribution is 5.66. The lowest BCUT2D eigenvalue weighted by atomic mass is 10.0. The summed E-state index contributed by atoms with van der Waals surface area (Å²) >= 11 is 0. The van der Waals surface area contributed by atoms with Gasteiger partial charge >= 0.3 is 0 Å². The van der Waals surface area contributed by atoms with Gasteiger partial charge in [0.1, 0.15) is 0 Å². The summed E-state index contributed by atoms with van der Waals surface area (Å²) in [6.45, 7) is 4.29. The molecule has 1 aromatic heterocycles. The summed E-state index contributed by atoms with van der Waals surface area (Å²) in [5, 5.41) is 0. The molecule has 0 amide bonds.